The molecule has 17 heavy (non-hydrogen) atoms. The number of hydrogen-bond donors (Lipinski definition) is 2. The van der Waals surface area contributed by atoms with Crippen molar-refractivity contribution in [3.63, 3.8) is 0 Å². The van der Waals surface area contributed by atoms with Crippen molar-refractivity contribution in [3.05, 3.63) is 35.2 Å². The van der Waals surface area contributed by atoms with Gasteiger partial charge in [0.15, 0.2) is 0 Å². The molecular formula is C13H16FNO2. The molecule has 1 aromatic carbocycles. The fourth-order valence-corrected chi connectivity index (χ4v) is 1.58. The molecule has 0 bridgehead atoms. The summed E-state index contributed by atoms with van der Waals surface area (Å²) in [6.07, 6.45) is 3.26. The molecule has 1 rings (SSSR count). The van der Waals surface area contributed by atoms with Crippen molar-refractivity contribution in [3.8, 4) is 0 Å². The number of anilines is 1. The lowest BCUT2D eigenvalue weighted by molar-refractivity contribution is 0.0691. The summed E-state index contributed by atoms with van der Waals surface area (Å²) in [4.78, 5) is 11.0. The third-order valence-electron chi connectivity index (χ3n) is 2.14. The molecule has 3 nitrogen and oxygen atoms in total. The van der Waals surface area contributed by atoms with Gasteiger partial charge < -0.3 is 10.4 Å². The second-order valence-corrected chi connectivity index (χ2v) is 4.03. The Morgan fingerprint density at radius 3 is 2.59 bits per heavy atom. The highest BCUT2D eigenvalue weighted by Gasteiger charge is 2.16. The molecule has 2 N–H and O–H groups in total. The van der Waals surface area contributed by atoms with Crippen LogP contribution < -0.4 is 5.32 Å². The van der Waals surface area contributed by atoms with Crippen LogP contribution in [-0.4, -0.2) is 17.1 Å². The summed E-state index contributed by atoms with van der Waals surface area (Å²) in [7, 11) is 0. The average Bonchev–Trinajstić information content (AvgIpc) is 2.15. The average molecular weight is 237 g/mol. The maximum atomic E-state index is 13.7. The van der Waals surface area contributed by atoms with E-state index in [2.05, 4.69) is 5.32 Å². The summed E-state index contributed by atoms with van der Waals surface area (Å²) in [5, 5.41) is 12.0. The summed E-state index contributed by atoms with van der Waals surface area (Å²) in [5.41, 5.74) is 0.649. The number of allylic oxidation sites excluding steroid dienone is 1. The van der Waals surface area contributed by atoms with Crippen LogP contribution in [0.15, 0.2) is 18.2 Å². The van der Waals surface area contributed by atoms with Crippen molar-refractivity contribution in [1.82, 2.24) is 0 Å². The van der Waals surface area contributed by atoms with E-state index in [0.717, 1.165) is 0 Å². The first-order valence-corrected chi connectivity index (χ1v) is 5.41. The first-order chi connectivity index (χ1) is 7.95. The predicted molar refractivity (Wildman–Crippen MR) is 66.8 cm³/mol. The number of rotatable bonds is 4. The maximum Gasteiger partial charge on any atom is 0.339 e. The van der Waals surface area contributed by atoms with E-state index < -0.39 is 11.8 Å². The van der Waals surface area contributed by atoms with Gasteiger partial charge >= 0.3 is 5.97 Å². The molecule has 0 aromatic heterocycles. The minimum atomic E-state index is -1.26. The van der Waals surface area contributed by atoms with E-state index in [-0.39, 0.29) is 11.6 Å². The number of benzene rings is 1. The SMILES string of the molecule is C/C=C/c1cc(NC(C)C)cc(F)c1C(=O)O. The molecule has 0 unspecified atom stereocenters. The second-order valence-electron chi connectivity index (χ2n) is 4.03. The summed E-state index contributed by atoms with van der Waals surface area (Å²) in [5.74, 6) is -1.98. The van der Waals surface area contributed by atoms with Crippen molar-refractivity contribution in [2.45, 2.75) is 26.8 Å². The fraction of sp³-hybridized carbons (Fsp3) is 0.308. The third kappa shape index (κ3) is 3.31. The normalized spacial score (nSPS) is 11.1. The summed E-state index contributed by atoms with van der Waals surface area (Å²) < 4.78 is 13.7. The molecule has 0 spiro atoms. The van der Waals surface area contributed by atoms with Crippen LogP contribution in [0.2, 0.25) is 0 Å². The topological polar surface area (TPSA) is 49.3 Å². The van der Waals surface area contributed by atoms with Crippen LogP contribution in [0, 0.1) is 5.82 Å². The molecule has 0 aliphatic rings. The number of hydrogen-bond acceptors (Lipinski definition) is 2. The molecular weight excluding hydrogens is 221 g/mol. The standard InChI is InChI=1S/C13H16FNO2/c1-4-5-9-6-10(15-8(2)3)7-11(14)12(9)13(16)17/h4-8,15H,1-3H3,(H,16,17)/b5-4+. The van der Waals surface area contributed by atoms with E-state index in [4.69, 9.17) is 5.11 Å². The number of carbonyl (C=O) groups is 1. The molecule has 0 saturated heterocycles. The van der Waals surface area contributed by atoms with Gasteiger partial charge in [-0.15, -0.1) is 0 Å². The van der Waals surface area contributed by atoms with Crippen LogP contribution in [0.25, 0.3) is 6.08 Å². The molecule has 0 radical (unpaired) electrons. The van der Waals surface area contributed by atoms with Crippen LogP contribution in [-0.2, 0) is 0 Å². The molecule has 92 valence electrons. The van der Waals surface area contributed by atoms with Crippen molar-refractivity contribution >= 4 is 17.7 Å². The van der Waals surface area contributed by atoms with Gasteiger partial charge in [-0.3, -0.25) is 0 Å². The van der Waals surface area contributed by atoms with Crippen LogP contribution in [0.5, 0.6) is 0 Å². The summed E-state index contributed by atoms with van der Waals surface area (Å²) in [6.45, 7) is 5.61. The van der Waals surface area contributed by atoms with Gasteiger partial charge in [0.1, 0.15) is 11.4 Å². The van der Waals surface area contributed by atoms with Gasteiger partial charge in [0.25, 0.3) is 0 Å². The van der Waals surface area contributed by atoms with E-state index in [1.54, 1.807) is 25.1 Å². The Morgan fingerprint density at radius 1 is 1.47 bits per heavy atom. The fourth-order valence-electron chi connectivity index (χ4n) is 1.58. The molecule has 0 heterocycles. The van der Waals surface area contributed by atoms with Crippen molar-refractivity contribution in [2.75, 3.05) is 5.32 Å². The maximum absolute atomic E-state index is 13.7. The zero-order chi connectivity index (χ0) is 13.0. The smallest absolute Gasteiger partial charge is 0.339 e. The Balaban J connectivity index is 3.30. The lowest BCUT2D eigenvalue weighted by Gasteiger charge is -2.12. The zero-order valence-electron chi connectivity index (χ0n) is 10.1. The number of aromatic carboxylic acids is 1. The minimum absolute atomic E-state index is 0.156. The van der Waals surface area contributed by atoms with E-state index in [0.29, 0.717) is 11.3 Å². The molecule has 0 amide bonds. The van der Waals surface area contributed by atoms with Crippen LogP contribution in [0.4, 0.5) is 10.1 Å². The Labute approximate surface area is 100.0 Å². The highest BCUT2D eigenvalue weighted by Crippen LogP contribution is 2.22. The van der Waals surface area contributed by atoms with Crippen molar-refractivity contribution in [1.29, 1.82) is 0 Å². The minimum Gasteiger partial charge on any atom is -0.478 e. The monoisotopic (exact) mass is 237 g/mol. The Kier molecular flexibility index (Phi) is 4.26. The molecule has 4 heteroatoms. The van der Waals surface area contributed by atoms with E-state index in [9.17, 15) is 9.18 Å². The van der Waals surface area contributed by atoms with Gasteiger partial charge in [-0.25, -0.2) is 9.18 Å². The molecule has 0 atom stereocenters. The predicted octanol–water partition coefficient (Wildman–Crippen LogP) is 3.38. The number of halogens is 1. The highest BCUT2D eigenvalue weighted by molar-refractivity contribution is 5.93. The number of nitrogens with one attached hydrogen (secondary N) is 1. The van der Waals surface area contributed by atoms with Gasteiger partial charge in [0.2, 0.25) is 0 Å². The number of carboxylic acid groups (broad SMARTS) is 1. The highest BCUT2D eigenvalue weighted by atomic mass is 19.1. The third-order valence-corrected chi connectivity index (χ3v) is 2.14. The van der Waals surface area contributed by atoms with Gasteiger partial charge in [0.05, 0.1) is 0 Å². The van der Waals surface area contributed by atoms with Gasteiger partial charge in [-0.05, 0) is 38.5 Å². The quantitative estimate of drug-likeness (QED) is 0.844. The van der Waals surface area contributed by atoms with Crippen LogP contribution in [0.1, 0.15) is 36.7 Å². The van der Waals surface area contributed by atoms with E-state index in [1.807, 2.05) is 13.8 Å². The number of carboxylic acids is 1. The molecule has 0 fully saturated rings. The largest absolute Gasteiger partial charge is 0.478 e. The Hall–Kier alpha value is -1.84. The van der Waals surface area contributed by atoms with Crippen molar-refractivity contribution in [2.24, 2.45) is 0 Å². The first-order valence-electron chi connectivity index (χ1n) is 5.41. The van der Waals surface area contributed by atoms with Crippen LogP contribution in [0.3, 0.4) is 0 Å². The lowest BCUT2D eigenvalue weighted by Crippen LogP contribution is -2.12. The molecule has 0 aliphatic heterocycles. The molecule has 1 aromatic rings. The molecule has 0 saturated carbocycles. The summed E-state index contributed by atoms with van der Waals surface area (Å²) >= 11 is 0. The Bertz CT molecular complexity index is 453. The summed E-state index contributed by atoms with van der Waals surface area (Å²) in [6, 6.07) is 2.99. The Morgan fingerprint density at radius 2 is 2.12 bits per heavy atom. The lowest BCUT2D eigenvalue weighted by atomic mass is 10.0. The van der Waals surface area contributed by atoms with Gasteiger partial charge in [-0.1, -0.05) is 12.2 Å². The van der Waals surface area contributed by atoms with Gasteiger partial charge in [-0.2, -0.15) is 0 Å². The van der Waals surface area contributed by atoms with Crippen LogP contribution >= 0.6 is 0 Å². The molecule has 0 aliphatic carbocycles. The second kappa shape index (κ2) is 5.48. The van der Waals surface area contributed by atoms with Crippen molar-refractivity contribution < 1.29 is 14.3 Å². The first kappa shape index (κ1) is 13.2. The van der Waals surface area contributed by atoms with E-state index in [1.165, 1.54) is 6.07 Å². The zero-order valence-corrected chi connectivity index (χ0v) is 10.1. The van der Waals surface area contributed by atoms with E-state index >= 15 is 0 Å². The van der Waals surface area contributed by atoms with Gasteiger partial charge in [0, 0.05) is 11.7 Å².